The average molecular weight is 286 g/mol. The molecule has 0 aromatic carbocycles. The zero-order valence-corrected chi connectivity index (χ0v) is 13.9. The maximum absolute atomic E-state index is 10.6. The van der Waals surface area contributed by atoms with Crippen LogP contribution in [0.2, 0.25) is 0 Å². The lowest BCUT2D eigenvalue weighted by molar-refractivity contribution is -0.0357. The van der Waals surface area contributed by atoms with E-state index in [1.165, 1.54) is 44.1 Å². The lowest BCUT2D eigenvalue weighted by Gasteiger charge is -2.60. The van der Waals surface area contributed by atoms with Crippen LogP contribution in [0.25, 0.3) is 0 Å². The molecule has 0 aromatic heterocycles. The van der Waals surface area contributed by atoms with Crippen molar-refractivity contribution in [1.82, 2.24) is 0 Å². The van der Waals surface area contributed by atoms with Crippen LogP contribution < -0.4 is 0 Å². The molecule has 1 heteroatoms. The van der Waals surface area contributed by atoms with Gasteiger partial charge in [-0.3, -0.25) is 0 Å². The van der Waals surface area contributed by atoms with Crippen molar-refractivity contribution in [2.45, 2.75) is 71.8 Å². The fourth-order valence-corrected chi connectivity index (χ4v) is 6.93. The average Bonchev–Trinajstić information content (AvgIpc) is 2.66. The maximum atomic E-state index is 10.6. The number of aliphatic hydroxyl groups excluding tert-OH is 1. The van der Waals surface area contributed by atoms with Crippen LogP contribution in [0.5, 0.6) is 0 Å². The van der Waals surface area contributed by atoms with Crippen LogP contribution in [-0.2, 0) is 0 Å². The summed E-state index contributed by atoms with van der Waals surface area (Å²) in [7, 11) is 0. The lowest BCUT2D eigenvalue weighted by Crippen LogP contribution is -2.51. The Labute approximate surface area is 129 Å². The number of hydrogen-bond acceptors (Lipinski definition) is 1. The monoisotopic (exact) mass is 286 g/mol. The van der Waals surface area contributed by atoms with Crippen LogP contribution in [0.3, 0.4) is 0 Å². The van der Waals surface area contributed by atoms with Gasteiger partial charge in [0.25, 0.3) is 0 Å². The van der Waals surface area contributed by atoms with Crippen LogP contribution in [0.15, 0.2) is 23.8 Å². The molecule has 2 bridgehead atoms. The highest BCUT2D eigenvalue weighted by atomic mass is 16.3. The third kappa shape index (κ3) is 1.67. The summed E-state index contributed by atoms with van der Waals surface area (Å²) >= 11 is 0. The van der Waals surface area contributed by atoms with Crippen molar-refractivity contribution in [2.75, 3.05) is 0 Å². The molecule has 1 spiro atoms. The first-order valence-electron chi connectivity index (χ1n) is 8.87. The SMILES string of the molecule is C=C1C[C@@]23CC[C@@H]4C(C)(C)CCC[C@]4(C)C2=C[C@@H](O)[C@@H]1C3. The van der Waals surface area contributed by atoms with Crippen molar-refractivity contribution in [3.8, 4) is 0 Å². The van der Waals surface area contributed by atoms with E-state index in [-0.39, 0.29) is 6.10 Å². The highest BCUT2D eigenvalue weighted by molar-refractivity contribution is 5.39. The van der Waals surface area contributed by atoms with Crippen molar-refractivity contribution in [3.63, 3.8) is 0 Å². The minimum Gasteiger partial charge on any atom is -0.388 e. The Morgan fingerprint density at radius 2 is 1.95 bits per heavy atom. The molecular formula is C20H30O. The molecule has 4 rings (SSSR count). The van der Waals surface area contributed by atoms with Crippen molar-refractivity contribution >= 4 is 0 Å². The Balaban J connectivity index is 1.83. The Hall–Kier alpha value is -0.560. The second-order valence-electron chi connectivity index (χ2n) is 9.35. The minimum atomic E-state index is -0.274. The first-order valence-corrected chi connectivity index (χ1v) is 8.87. The minimum absolute atomic E-state index is 0.274. The van der Waals surface area contributed by atoms with Gasteiger partial charge in [0.1, 0.15) is 0 Å². The van der Waals surface area contributed by atoms with Crippen molar-refractivity contribution < 1.29 is 5.11 Å². The summed E-state index contributed by atoms with van der Waals surface area (Å²) in [5.74, 6) is 1.12. The van der Waals surface area contributed by atoms with Gasteiger partial charge in [0.15, 0.2) is 0 Å². The van der Waals surface area contributed by atoms with Crippen LogP contribution in [0.4, 0.5) is 0 Å². The number of rotatable bonds is 0. The van der Waals surface area contributed by atoms with E-state index in [0.29, 0.717) is 22.2 Å². The maximum Gasteiger partial charge on any atom is 0.0789 e. The topological polar surface area (TPSA) is 20.2 Å². The number of fused-ring (bicyclic) bond motifs is 3. The Kier molecular flexibility index (Phi) is 2.71. The Morgan fingerprint density at radius 3 is 2.71 bits per heavy atom. The third-order valence-corrected chi connectivity index (χ3v) is 7.78. The second-order valence-corrected chi connectivity index (χ2v) is 9.35. The van der Waals surface area contributed by atoms with E-state index in [1.54, 1.807) is 5.57 Å². The highest BCUT2D eigenvalue weighted by Crippen LogP contribution is 2.70. The summed E-state index contributed by atoms with van der Waals surface area (Å²) in [6.45, 7) is 11.8. The summed E-state index contributed by atoms with van der Waals surface area (Å²) in [6.07, 6.45) is 11.0. The largest absolute Gasteiger partial charge is 0.388 e. The lowest BCUT2D eigenvalue weighted by atomic mass is 9.44. The molecule has 116 valence electrons. The molecule has 3 fully saturated rings. The molecule has 1 N–H and O–H groups in total. The van der Waals surface area contributed by atoms with Crippen molar-refractivity contribution in [2.24, 2.45) is 28.1 Å². The van der Waals surface area contributed by atoms with Crippen LogP contribution in [0.1, 0.15) is 65.7 Å². The van der Waals surface area contributed by atoms with Gasteiger partial charge in [-0.2, -0.15) is 0 Å². The first-order chi connectivity index (χ1) is 9.79. The van der Waals surface area contributed by atoms with E-state index in [1.807, 2.05) is 0 Å². The standard InChI is InChI=1S/C20H30O/c1-13-11-20-9-6-16-18(2,3)7-5-8-19(16,4)17(20)10-15(21)14(13)12-20/h10,14-16,21H,1,5-9,11-12H2,2-4H3/t14-,15-,16-,19+,20-/m1/s1. The van der Waals surface area contributed by atoms with E-state index in [2.05, 4.69) is 33.4 Å². The zero-order chi connectivity index (χ0) is 15.0. The van der Waals surface area contributed by atoms with Gasteiger partial charge in [-0.25, -0.2) is 0 Å². The van der Waals surface area contributed by atoms with E-state index in [9.17, 15) is 5.11 Å². The molecule has 0 radical (unpaired) electrons. The molecule has 4 aliphatic rings. The molecule has 0 amide bonds. The second kappa shape index (κ2) is 4.04. The molecule has 0 heterocycles. The van der Waals surface area contributed by atoms with E-state index in [4.69, 9.17) is 0 Å². The van der Waals surface area contributed by atoms with E-state index in [0.717, 1.165) is 12.3 Å². The predicted molar refractivity (Wildman–Crippen MR) is 86.8 cm³/mol. The summed E-state index contributed by atoms with van der Waals surface area (Å²) in [6, 6.07) is 0. The zero-order valence-electron chi connectivity index (χ0n) is 13.9. The third-order valence-electron chi connectivity index (χ3n) is 7.78. The molecular weight excluding hydrogens is 256 g/mol. The molecule has 21 heavy (non-hydrogen) atoms. The summed E-state index contributed by atoms with van der Waals surface area (Å²) < 4.78 is 0. The van der Waals surface area contributed by atoms with Crippen LogP contribution >= 0.6 is 0 Å². The van der Waals surface area contributed by atoms with Gasteiger partial charge < -0.3 is 5.11 Å². The first kappa shape index (κ1) is 14.1. The predicted octanol–water partition coefficient (Wildman–Crippen LogP) is 4.87. The van der Waals surface area contributed by atoms with Crippen LogP contribution in [0, 0.1) is 28.1 Å². The van der Waals surface area contributed by atoms with Gasteiger partial charge >= 0.3 is 0 Å². The number of allylic oxidation sites excluding steroid dienone is 1. The van der Waals surface area contributed by atoms with Crippen molar-refractivity contribution in [3.05, 3.63) is 23.8 Å². The normalized spacial score (nSPS) is 51.1. The van der Waals surface area contributed by atoms with Gasteiger partial charge in [0, 0.05) is 5.92 Å². The summed E-state index contributed by atoms with van der Waals surface area (Å²) in [5.41, 5.74) is 4.07. The van der Waals surface area contributed by atoms with Crippen molar-refractivity contribution in [1.29, 1.82) is 0 Å². The summed E-state index contributed by atoms with van der Waals surface area (Å²) in [5, 5.41) is 10.6. The summed E-state index contributed by atoms with van der Waals surface area (Å²) in [4.78, 5) is 0. The molecule has 0 unspecified atom stereocenters. The van der Waals surface area contributed by atoms with Gasteiger partial charge in [-0.05, 0) is 60.7 Å². The molecule has 3 saturated carbocycles. The van der Waals surface area contributed by atoms with Gasteiger partial charge in [0.05, 0.1) is 6.10 Å². The fourth-order valence-electron chi connectivity index (χ4n) is 6.93. The highest BCUT2D eigenvalue weighted by Gasteiger charge is 2.60. The van der Waals surface area contributed by atoms with Crippen LogP contribution in [-0.4, -0.2) is 11.2 Å². The van der Waals surface area contributed by atoms with Gasteiger partial charge in [-0.1, -0.05) is 51.0 Å². The smallest absolute Gasteiger partial charge is 0.0789 e. The number of hydrogen-bond donors (Lipinski definition) is 1. The molecule has 4 aliphatic carbocycles. The van der Waals surface area contributed by atoms with Gasteiger partial charge in [0.2, 0.25) is 0 Å². The Bertz CT molecular complexity index is 528. The molecule has 1 nitrogen and oxygen atoms in total. The Morgan fingerprint density at radius 1 is 1.19 bits per heavy atom. The fraction of sp³-hybridized carbons (Fsp3) is 0.800. The van der Waals surface area contributed by atoms with E-state index >= 15 is 0 Å². The quantitative estimate of drug-likeness (QED) is 0.630. The molecule has 5 atom stereocenters. The molecule has 0 aromatic rings. The number of aliphatic hydroxyl groups is 1. The molecule has 0 aliphatic heterocycles. The molecule has 0 saturated heterocycles. The van der Waals surface area contributed by atoms with E-state index < -0.39 is 0 Å². The van der Waals surface area contributed by atoms with Gasteiger partial charge in [-0.15, -0.1) is 0 Å².